The molecule has 0 spiro atoms. The van der Waals surface area contributed by atoms with Crippen LogP contribution in [0.5, 0.6) is 0 Å². The lowest BCUT2D eigenvalue weighted by molar-refractivity contribution is -0.141. The smallest absolute Gasteiger partial charge is 0.233 e. The molecule has 0 aromatic carbocycles. The Morgan fingerprint density at radius 3 is 2.65 bits per heavy atom. The highest BCUT2D eigenvalue weighted by Crippen LogP contribution is 2.40. The van der Waals surface area contributed by atoms with Crippen LogP contribution in [0, 0.1) is 11.8 Å². The van der Waals surface area contributed by atoms with E-state index in [0.29, 0.717) is 5.69 Å². The van der Waals surface area contributed by atoms with Gasteiger partial charge in [-0.1, -0.05) is 17.8 Å². The van der Waals surface area contributed by atoms with Crippen LogP contribution in [-0.4, -0.2) is 32.8 Å². The van der Waals surface area contributed by atoms with E-state index in [1.54, 1.807) is 0 Å². The molecule has 1 saturated carbocycles. The van der Waals surface area contributed by atoms with E-state index in [1.807, 2.05) is 0 Å². The van der Waals surface area contributed by atoms with Gasteiger partial charge < -0.3 is 5.32 Å². The van der Waals surface area contributed by atoms with Crippen LogP contribution in [0.2, 0.25) is 0 Å². The average molecular weight is 294 g/mol. The number of hydrogen-bond acceptors (Lipinski definition) is 6. The summed E-state index contributed by atoms with van der Waals surface area (Å²) in [5, 5.41) is 8.16. The monoisotopic (exact) mass is 294 g/mol. The second-order valence-corrected chi connectivity index (χ2v) is 6.14. The molecule has 1 aromatic heterocycles. The van der Waals surface area contributed by atoms with Crippen molar-refractivity contribution in [3.8, 4) is 0 Å². The largest absolute Gasteiger partial charge is 0.374 e. The molecular weight excluding hydrogens is 276 g/mol. The molecule has 2 fully saturated rings. The van der Waals surface area contributed by atoms with E-state index in [0.717, 1.165) is 37.2 Å². The number of fused-ring (bicyclic) bond motifs is 1. The highest BCUT2D eigenvalue weighted by molar-refractivity contribution is 7.10. The zero-order valence-electron chi connectivity index (χ0n) is 11.5. The summed E-state index contributed by atoms with van der Waals surface area (Å²) in [5.74, 6) is -0.207. The number of nitrogens with one attached hydrogen (secondary N) is 1. The van der Waals surface area contributed by atoms with Gasteiger partial charge >= 0.3 is 0 Å². The molecule has 1 aliphatic heterocycles. The van der Waals surface area contributed by atoms with Gasteiger partial charge in [-0.2, -0.15) is 0 Å². The molecule has 6 nitrogen and oxygen atoms in total. The minimum Gasteiger partial charge on any atom is -0.374 e. The minimum atomic E-state index is -0.0823. The summed E-state index contributed by atoms with van der Waals surface area (Å²) in [6.07, 6.45) is 3.69. The van der Waals surface area contributed by atoms with Gasteiger partial charge in [-0.3, -0.25) is 14.5 Å². The number of aromatic nitrogens is 2. The third-order valence-electron chi connectivity index (χ3n) is 4.08. The summed E-state index contributed by atoms with van der Waals surface area (Å²) < 4.78 is 3.92. The maximum Gasteiger partial charge on any atom is 0.233 e. The Morgan fingerprint density at radius 1 is 1.30 bits per heavy atom. The average Bonchev–Trinajstić information content (AvgIpc) is 3.13. The summed E-state index contributed by atoms with van der Waals surface area (Å²) in [6.45, 7) is 3.17. The summed E-state index contributed by atoms with van der Waals surface area (Å²) in [4.78, 5) is 26.0. The first-order valence-electron chi connectivity index (χ1n) is 7.12. The molecule has 20 heavy (non-hydrogen) atoms. The van der Waals surface area contributed by atoms with Gasteiger partial charge in [0.05, 0.1) is 18.4 Å². The van der Waals surface area contributed by atoms with Crippen LogP contribution in [0.25, 0.3) is 0 Å². The van der Waals surface area contributed by atoms with Gasteiger partial charge in [0.1, 0.15) is 10.7 Å². The first kappa shape index (κ1) is 13.5. The van der Waals surface area contributed by atoms with Crippen molar-refractivity contribution in [1.29, 1.82) is 0 Å². The molecule has 108 valence electrons. The van der Waals surface area contributed by atoms with E-state index in [1.165, 1.54) is 16.4 Å². The molecule has 1 aliphatic carbocycles. The number of carbonyl (C=O) groups is 2. The van der Waals surface area contributed by atoms with E-state index >= 15 is 0 Å². The van der Waals surface area contributed by atoms with Crippen LogP contribution in [-0.2, 0) is 16.1 Å². The molecule has 1 saturated heterocycles. The molecular formula is C13H18N4O2S. The lowest BCUT2D eigenvalue weighted by Crippen LogP contribution is -2.31. The van der Waals surface area contributed by atoms with E-state index in [9.17, 15) is 9.59 Å². The number of nitrogens with zero attached hydrogens (tertiary/aromatic N) is 3. The van der Waals surface area contributed by atoms with Gasteiger partial charge in [-0.05, 0) is 19.3 Å². The molecule has 0 bridgehead atoms. The molecule has 2 atom stereocenters. The topological polar surface area (TPSA) is 75.2 Å². The fourth-order valence-corrected chi connectivity index (χ4v) is 3.65. The van der Waals surface area contributed by atoms with Crippen molar-refractivity contribution in [2.75, 3.05) is 11.9 Å². The van der Waals surface area contributed by atoms with Crippen LogP contribution in [0.3, 0.4) is 0 Å². The van der Waals surface area contributed by atoms with E-state index < -0.39 is 0 Å². The van der Waals surface area contributed by atoms with Crippen LogP contribution < -0.4 is 5.32 Å². The minimum absolute atomic E-state index is 0.0214. The number of anilines is 1. The van der Waals surface area contributed by atoms with Gasteiger partial charge in [-0.25, -0.2) is 0 Å². The van der Waals surface area contributed by atoms with E-state index in [-0.39, 0.29) is 30.2 Å². The molecule has 2 heterocycles. The number of carbonyl (C=O) groups excluding carboxylic acids is 2. The highest BCUT2D eigenvalue weighted by atomic mass is 32.1. The van der Waals surface area contributed by atoms with Crippen molar-refractivity contribution in [1.82, 2.24) is 14.5 Å². The second kappa shape index (κ2) is 5.47. The van der Waals surface area contributed by atoms with Gasteiger partial charge in [0, 0.05) is 18.1 Å². The zero-order chi connectivity index (χ0) is 14.1. The fourth-order valence-electron chi connectivity index (χ4n) is 3.05. The summed E-state index contributed by atoms with van der Waals surface area (Å²) >= 11 is 1.28. The van der Waals surface area contributed by atoms with Crippen molar-refractivity contribution >= 4 is 28.3 Å². The zero-order valence-corrected chi connectivity index (χ0v) is 12.3. The number of amides is 2. The van der Waals surface area contributed by atoms with E-state index in [4.69, 9.17) is 0 Å². The Hall–Kier alpha value is -1.50. The number of rotatable bonds is 5. The van der Waals surface area contributed by atoms with Crippen molar-refractivity contribution in [2.24, 2.45) is 11.8 Å². The second-order valence-electron chi connectivity index (χ2n) is 5.38. The Morgan fingerprint density at radius 2 is 2.00 bits per heavy atom. The maximum atomic E-state index is 12.3. The Bertz CT molecular complexity index is 508. The molecule has 1 aromatic rings. The van der Waals surface area contributed by atoms with Crippen molar-refractivity contribution in [3.05, 3.63) is 5.69 Å². The maximum absolute atomic E-state index is 12.3. The van der Waals surface area contributed by atoms with E-state index in [2.05, 4.69) is 21.8 Å². The summed E-state index contributed by atoms with van der Waals surface area (Å²) in [5.41, 5.74) is 0.699. The van der Waals surface area contributed by atoms with Crippen LogP contribution in [0.4, 0.5) is 5.00 Å². The van der Waals surface area contributed by atoms with Crippen LogP contribution in [0.15, 0.2) is 0 Å². The summed E-state index contributed by atoms with van der Waals surface area (Å²) in [6, 6.07) is 0. The molecule has 3 rings (SSSR count). The van der Waals surface area contributed by atoms with Gasteiger partial charge in [0.25, 0.3) is 0 Å². The quantitative estimate of drug-likeness (QED) is 0.836. The SMILES string of the molecule is CCCNc1snnc1CN1C(=O)C2CCCC2C1=O. The normalized spacial score (nSPS) is 25.4. The third kappa shape index (κ3) is 2.19. The standard InChI is InChI=1S/C13H18N4O2S/c1-2-6-14-11-10(15-16-20-11)7-17-12(18)8-4-3-5-9(8)13(17)19/h8-9,14H,2-7H2,1H3. The highest BCUT2D eigenvalue weighted by Gasteiger charge is 2.49. The lowest BCUT2D eigenvalue weighted by Gasteiger charge is -2.15. The van der Waals surface area contributed by atoms with Gasteiger partial charge in [0.15, 0.2) is 0 Å². The van der Waals surface area contributed by atoms with Crippen molar-refractivity contribution < 1.29 is 9.59 Å². The van der Waals surface area contributed by atoms with Crippen LogP contribution in [0.1, 0.15) is 38.3 Å². The number of likely N-dealkylation sites (tertiary alicyclic amines) is 1. The van der Waals surface area contributed by atoms with Crippen LogP contribution >= 0.6 is 11.5 Å². The molecule has 2 aliphatic rings. The van der Waals surface area contributed by atoms with Crippen molar-refractivity contribution in [2.45, 2.75) is 39.2 Å². The number of hydrogen-bond donors (Lipinski definition) is 1. The Balaban J connectivity index is 1.73. The first-order valence-corrected chi connectivity index (χ1v) is 7.90. The third-order valence-corrected chi connectivity index (χ3v) is 4.81. The molecule has 7 heteroatoms. The summed E-state index contributed by atoms with van der Waals surface area (Å²) in [7, 11) is 0. The Kier molecular flexibility index (Phi) is 3.69. The molecule has 1 N–H and O–H groups in total. The van der Waals surface area contributed by atoms with Gasteiger partial charge in [-0.15, -0.1) is 5.10 Å². The predicted molar refractivity (Wildman–Crippen MR) is 75.1 cm³/mol. The molecule has 0 radical (unpaired) electrons. The molecule has 2 amide bonds. The first-order chi connectivity index (χ1) is 9.72. The molecule has 2 unspecified atom stereocenters. The fraction of sp³-hybridized carbons (Fsp3) is 0.692. The lowest BCUT2D eigenvalue weighted by atomic mass is 10.00. The van der Waals surface area contributed by atoms with Crippen molar-refractivity contribution in [3.63, 3.8) is 0 Å². The van der Waals surface area contributed by atoms with Gasteiger partial charge in [0.2, 0.25) is 11.8 Å². The Labute approximate surface area is 121 Å². The predicted octanol–water partition coefficient (Wildman–Crippen LogP) is 1.65. The number of imide groups is 1.